The minimum Gasteiger partial charge on any atom is -0.393 e. The number of hydrogen-bond acceptors (Lipinski definition) is 9. The van der Waals surface area contributed by atoms with E-state index < -0.39 is 42.4 Å². The van der Waals surface area contributed by atoms with E-state index in [2.05, 4.69) is 34.6 Å². The molecule has 1 aliphatic heterocycles. The lowest BCUT2D eigenvalue weighted by Crippen LogP contribution is -2.68. The van der Waals surface area contributed by atoms with Crippen molar-refractivity contribution in [3.05, 3.63) is 0 Å². The van der Waals surface area contributed by atoms with Gasteiger partial charge in [-0.15, -0.1) is 0 Å². The molecule has 0 aromatic carbocycles. The van der Waals surface area contributed by atoms with Crippen molar-refractivity contribution in [2.45, 2.75) is 147 Å². The molecule has 5 rings (SSSR count). The van der Waals surface area contributed by atoms with Crippen LogP contribution in [0.4, 0.5) is 0 Å². The van der Waals surface area contributed by atoms with Crippen LogP contribution in [0.15, 0.2) is 0 Å². The summed E-state index contributed by atoms with van der Waals surface area (Å²) in [7, 11) is 1.46. The van der Waals surface area contributed by atoms with Gasteiger partial charge in [0.2, 0.25) is 0 Å². The van der Waals surface area contributed by atoms with Gasteiger partial charge in [-0.2, -0.15) is 0 Å². The van der Waals surface area contributed by atoms with E-state index in [-0.39, 0.29) is 71.6 Å². The Hall–Kier alpha value is -0.360. The van der Waals surface area contributed by atoms with Crippen LogP contribution in [-0.4, -0.2) is 99.0 Å². The Labute approximate surface area is 251 Å². The fraction of sp³-hybridized carbons (Fsp3) is 1.00. The Bertz CT molecular complexity index is 933. The summed E-state index contributed by atoms with van der Waals surface area (Å²) < 4.78 is 17.2. The molecule has 4 aliphatic carbocycles. The molecular weight excluding hydrogens is 540 g/mol. The summed E-state index contributed by atoms with van der Waals surface area (Å²) >= 11 is 0. The van der Waals surface area contributed by atoms with E-state index in [0.29, 0.717) is 19.3 Å². The summed E-state index contributed by atoms with van der Waals surface area (Å²) in [4.78, 5) is 0. The largest absolute Gasteiger partial charge is 0.393 e. The number of aliphatic hydroxyl groups is 6. The first-order valence-corrected chi connectivity index (χ1v) is 16.6. The van der Waals surface area contributed by atoms with Gasteiger partial charge in [0.1, 0.15) is 18.3 Å². The second kappa shape index (κ2) is 12.1. The third-order valence-corrected chi connectivity index (χ3v) is 13.1. The van der Waals surface area contributed by atoms with E-state index in [1.807, 2.05) is 0 Å². The highest BCUT2D eigenvalue weighted by Gasteiger charge is 2.70. The zero-order valence-corrected chi connectivity index (χ0v) is 26.6. The molecular formula is C33H58O9. The molecule has 16 atom stereocenters. The first-order valence-electron chi connectivity index (χ1n) is 16.6. The van der Waals surface area contributed by atoms with Gasteiger partial charge in [-0.3, -0.25) is 0 Å². The maximum atomic E-state index is 12.5. The van der Waals surface area contributed by atoms with Crippen LogP contribution in [-0.2, 0) is 14.2 Å². The zero-order chi connectivity index (χ0) is 30.8. The quantitative estimate of drug-likeness (QED) is 0.248. The SMILES string of the molecule is COC1C(O)COC(OC(CCC(C)C2CC(O)C3C2(C)CCC2C4(C)CCC(O)CC4C(O)CC23O)C(C)C)C1O. The number of fused-ring (bicyclic) bond motifs is 5. The molecule has 4 saturated carbocycles. The standard InChI is InChI=1S/C33H58O9/c1-17(2)25(42-30-27(38)28(40-6)24(37)16-41-30)8-7-18(3)20-14-22(35)29-32(20,5)12-10-26-31(4)11-9-19(34)13-21(31)23(36)15-33(26,29)39/h17-30,34-39H,7-16H2,1-6H3. The van der Waals surface area contributed by atoms with Gasteiger partial charge in [0, 0.05) is 19.4 Å². The van der Waals surface area contributed by atoms with Crippen LogP contribution < -0.4 is 0 Å². The molecule has 9 nitrogen and oxygen atoms in total. The van der Waals surface area contributed by atoms with E-state index in [0.717, 1.165) is 32.1 Å². The van der Waals surface area contributed by atoms with Gasteiger partial charge in [-0.05, 0) is 91.8 Å². The minimum atomic E-state index is -1.13. The molecule has 9 heteroatoms. The average molecular weight is 599 g/mol. The van der Waals surface area contributed by atoms with Gasteiger partial charge < -0.3 is 44.8 Å². The van der Waals surface area contributed by atoms with Gasteiger partial charge in [-0.1, -0.05) is 34.6 Å². The maximum absolute atomic E-state index is 12.5. The lowest BCUT2D eigenvalue weighted by atomic mass is 9.42. The fourth-order valence-electron chi connectivity index (χ4n) is 10.9. The van der Waals surface area contributed by atoms with E-state index in [1.165, 1.54) is 7.11 Å². The molecule has 1 heterocycles. The molecule has 5 aliphatic rings. The molecule has 0 radical (unpaired) electrons. The third kappa shape index (κ3) is 5.41. The Balaban J connectivity index is 1.28. The van der Waals surface area contributed by atoms with E-state index >= 15 is 0 Å². The molecule has 6 N–H and O–H groups in total. The predicted octanol–water partition coefficient (Wildman–Crippen LogP) is 2.61. The van der Waals surface area contributed by atoms with Crippen molar-refractivity contribution < 1.29 is 44.8 Å². The Morgan fingerprint density at radius 2 is 1.57 bits per heavy atom. The van der Waals surface area contributed by atoms with Crippen LogP contribution >= 0.6 is 0 Å². The maximum Gasteiger partial charge on any atom is 0.186 e. The smallest absolute Gasteiger partial charge is 0.186 e. The van der Waals surface area contributed by atoms with Gasteiger partial charge in [0.15, 0.2) is 6.29 Å². The summed E-state index contributed by atoms with van der Waals surface area (Å²) in [5, 5.41) is 66.7. The van der Waals surface area contributed by atoms with Gasteiger partial charge in [0.05, 0.1) is 36.6 Å². The monoisotopic (exact) mass is 598 g/mol. The van der Waals surface area contributed by atoms with Crippen molar-refractivity contribution in [3.8, 4) is 0 Å². The lowest BCUT2D eigenvalue weighted by molar-refractivity contribution is -0.290. The van der Waals surface area contributed by atoms with Gasteiger partial charge in [-0.25, -0.2) is 0 Å². The van der Waals surface area contributed by atoms with E-state index in [1.54, 1.807) is 0 Å². The Morgan fingerprint density at radius 1 is 0.881 bits per heavy atom. The fourth-order valence-corrected chi connectivity index (χ4v) is 10.9. The number of aliphatic hydroxyl groups excluding tert-OH is 5. The molecule has 0 spiro atoms. The van der Waals surface area contributed by atoms with Crippen molar-refractivity contribution in [3.63, 3.8) is 0 Å². The van der Waals surface area contributed by atoms with Crippen LogP contribution in [0.25, 0.3) is 0 Å². The Kier molecular flexibility index (Phi) is 9.51. The first kappa shape index (κ1) is 33.0. The van der Waals surface area contributed by atoms with Crippen LogP contribution in [0.5, 0.6) is 0 Å². The van der Waals surface area contributed by atoms with Crippen LogP contribution in [0.1, 0.15) is 92.4 Å². The molecule has 16 unspecified atom stereocenters. The second-order valence-corrected chi connectivity index (χ2v) is 15.7. The molecule has 0 aromatic heterocycles. The third-order valence-electron chi connectivity index (χ3n) is 13.1. The summed E-state index contributed by atoms with van der Waals surface area (Å²) in [5.41, 5.74) is -1.63. The average Bonchev–Trinajstić information content (AvgIpc) is 3.19. The van der Waals surface area contributed by atoms with Crippen molar-refractivity contribution in [2.75, 3.05) is 13.7 Å². The van der Waals surface area contributed by atoms with Crippen molar-refractivity contribution in [2.24, 2.45) is 46.3 Å². The predicted molar refractivity (Wildman–Crippen MR) is 156 cm³/mol. The van der Waals surface area contributed by atoms with Crippen molar-refractivity contribution in [1.29, 1.82) is 0 Å². The number of ether oxygens (including phenoxy) is 3. The van der Waals surface area contributed by atoms with E-state index in [9.17, 15) is 30.6 Å². The Morgan fingerprint density at radius 3 is 2.24 bits per heavy atom. The minimum absolute atomic E-state index is 0.00256. The van der Waals surface area contributed by atoms with Crippen LogP contribution in [0, 0.1) is 46.3 Å². The molecule has 42 heavy (non-hydrogen) atoms. The normalized spacial score (nSPS) is 52.4. The lowest BCUT2D eigenvalue weighted by Gasteiger charge is -2.66. The summed E-state index contributed by atoms with van der Waals surface area (Å²) in [6.45, 7) is 10.9. The number of methoxy groups -OCH3 is 1. The summed E-state index contributed by atoms with van der Waals surface area (Å²) in [5.74, 6) is 0.355. The van der Waals surface area contributed by atoms with Crippen LogP contribution in [0.3, 0.4) is 0 Å². The highest BCUT2D eigenvalue weighted by Crippen LogP contribution is 2.69. The molecule has 0 bridgehead atoms. The van der Waals surface area contributed by atoms with Crippen LogP contribution in [0.2, 0.25) is 0 Å². The summed E-state index contributed by atoms with van der Waals surface area (Å²) in [6.07, 6.45) is 0.929. The molecule has 1 saturated heterocycles. The van der Waals surface area contributed by atoms with Gasteiger partial charge in [0.25, 0.3) is 0 Å². The first-order chi connectivity index (χ1) is 19.7. The van der Waals surface area contributed by atoms with E-state index in [4.69, 9.17) is 14.2 Å². The van der Waals surface area contributed by atoms with Gasteiger partial charge >= 0.3 is 0 Å². The van der Waals surface area contributed by atoms with Crippen molar-refractivity contribution >= 4 is 0 Å². The zero-order valence-electron chi connectivity index (χ0n) is 26.6. The molecule has 0 aromatic rings. The topological polar surface area (TPSA) is 149 Å². The van der Waals surface area contributed by atoms with Crippen molar-refractivity contribution in [1.82, 2.24) is 0 Å². The molecule has 0 amide bonds. The molecule has 5 fully saturated rings. The molecule has 244 valence electrons. The number of rotatable bonds is 8. The highest BCUT2D eigenvalue weighted by molar-refractivity contribution is 5.20. The highest BCUT2D eigenvalue weighted by atomic mass is 16.7. The summed E-state index contributed by atoms with van der Waals surface area (Å²) in [6, 6.07) is 0. The second-order valence-electron chi connectivity index (χ2n) is 15.7. The number of hydrogen-bond donors (Lipinski definition) is 6.